The molecule has 0 aromatic heterocycles. The van der Waals surface area contributed by atoms with Crippen LogP contribution in [0.3, 0.4) is 0 Å². The lowest BCUT2D eigenvalue weighted by molar-refractivity contribution is 0.276. The van der Waals surface area contributed by atoms with E-state index in [9.17, 15) is 0 Å². The fourth-order valence-electron chi connectivity index (χ4n) is 4.17. The number of nitrogens with zero attached hydrogens (tertiary/aromatic N) is 2. The second kappa shape index (κ2) is 8.15. The quantitative estimate of drug-likeness (QED) is 0.767. The van der Waals surface area contributed by atoms with Crippen molar-refractivity contribution < 1.29 is 14.2 Å². The van der Waals surface area contributed by atoms with Crippen molar-refractivity contribution >= 4 is 11.8 Å². The smallest absolute Gasteiger partial charge is 0.161 e. The van der Waals surface area contributed by atoms with Crippen LogP contribution in [0.25, 0.3) is 6.08 Å². The van der Waals surface area contributed by atoms with Gasteiger partial charge in [0.15, 0.2) is 11.5 Å². The monoisotopic (exact) mass is 380 g/mol. The SMILES string of the molecule is COc1cc2c(cc1OC)CC(CN1CCN(c3ccccc3OC)CC1)=C2. The summed E-state index contributed by atoms with van der Waals surface area (Å²) in [7, 11) is 5.11. The Morgan fingerprint density at radius 1 is 0.821 bits per heavy atom. The van der Waals surface area contributed by atoms with Gasteiger partial charge in [0.05, 0.1) is 27.0 Å². The highest BCUT2D eigenvalue weighted by atomic mass is 16.5. The van der Waals surface area contributed by atoms with Gasteiger partial charge in [0.25, 0.3) is 0 Å². The van der Waals surface area contributed by atoms with Crippen molar-refractivity contribution in [3.63, 3.8) is 0 Å². The van der Waals surface area contributed by atoms with Gasteiger partial charge in [0.2, 0.25) is 0 Å². The molecule has 2 aromatic carbocycles. The van der Waals surface area contributed by atoms with Crippen molar-refractivity contribution in [1.82, 2.24) is 4.90 Å². The molecule has 1 aliphatic carbocycles. The van der Waals surface area contributed by atoms with Gasteiger partial charge in [-0.25, -0.2) is 0 Å². The van der Waals surface area contributed by atoms with Gasteiger partial charge in [-0.05, 0) is 41.8 Å². The van der Waals surface area contributed by atoms with Crippen molar-refractivity contribution in [1.29, 1.82) is 0 Å². The molecule has 2 aromatic rings. The van der Waals surface area contributed by atoms with Crippen molar-refractivity contribution in [2.45, 2.75) is 6.42 Å². The van der Waals surface area contributed by atoms with Crippen LogP contribution in [-0.2, 0) is 6.42 Å². The molecule has 0 saturated carbocycles. The van der Waals surface area contributed by atoms with Crippen LogP contribution in [0.15, 0.2) is 42.0 Å². The molecule has 0 radical (unpaired) electrons. The maximum atomic E-state index is 5.52. The number of anilines is 1. The lowest BCUT2D eigenvalue weighted by Crippen LogP contribution is -2.47. The average Bonchev–Trinajstić information content (AvgIpc) is 3.14. The van der Waals surface area contributed by atoms with Gasteiger partial charge in [0.1, 0.15) is 5.75 Å². The normalized spacial score (nSPS) is 16.5. The Hall–Kier alpha value is -2.66. The first-order valence-electron chi connectivity index (χ1n) is 9.76. The first kappa shape index (κ1) is 18.7. The molecule has 0 bridgehead atoms. The van der Waals surface area contributed by atoms with Gasteiger partial charge in [-0.2, -0.15) is 0 Å². The summed E-state index contributed by atoms with van der Waals surface area (Å²) in [6.07, 6.45) is 3.30. The summed E-state index contributed by atoms with van der Waals surface area (Å²) in [4.78, 5) is 4.96. The molecule has 5 nitrogen and oxygen atoms in total. The molecule has 1 saturated heterocycles. The third kappa shape index (κ3) is 3.67. The van der Waals surface area contributed by atoms with Gasteiger partial charge in [-0.1, -0.05) is 23.8 Å². The third-order valence-electron chi connectivity index (χ3n) is 5.65. The molecule has 0 unspecified atom stereocenters. The minimum atomic E-state index is 0.796. The predicted molar refractivity (Wildman–Crippen MR) is 113 cm³/mol. The summed E-state index contributed by atoms with van der Waals surface area (Å²) in [5, 5.41) is 0. The second-order valence-electron chi connectivity index (χ2n) is 7.32. The Morgan fingerprint density at radius 3 is 2.21 bits per heavy atom. The van der Waals surface area contributed by atoms with E-state index in [-0.39, 0.29) is 0 Å². The number of hydrogen-bond donors (Lipinski definition) is 0. The van der Waals surface area contributed by atoms with Crippen molar-refractivity contribution in [3.8, 4) is 17.2 Å². The minimum Gasteiger partial charge on any atom is -0.495 e. The van der Waals surface area contributed by atoms with Crippen LogP contribution < -0.4 is 19.1 Å². The average molecular weight is 380 g/mol. The van der Waals surface area contributed by atoms with E-state index in [2.05, 4.69) is 40.1 Å². The zero-order chi connectivity index (χ0) is 19.5. The molecular formula is C23H28N2O3. The van der Waals surface area contributed by atoms with Crippen molar-refractivity contribution in [3.05, 3.63) is 53.1 Å². The van der Waals surface area contributed by atoms with E-state index in [4.69, 9.17) is 14.2 Å². The van der Waals surface area contributed by atoms with E-state index >= 15 is 0 Å². The molecule has 148 valence electrons. The Labute approximate surface area is 167 Å². The highest BCUT2D eigenvalue weighted by Gasteiger charge is 2.22. The summed E-state index contributed by atoms with van der Waals surface area (Å²) in [6.45, 7) is 5.15. The molecule has 5 heteroatoms. The minimum absolute atomic E-state index is 0.796. The number of piperazine rings is 1. The fourth-order valence-corrected chi connectivity index (χ4v) is 4.17. The number of benzene rings is 2. The third-order valence-corrected chi connectivity index (χ3v) is 5.65. The predicted octanol–water partition coefficient (Wildman–Crippen LogP) is 3.47. The highest BCUT2D eigenvalue weighted by Crippen LogP contribution is 2.36. The van der Waals surface area contributed by atoms with Crippen LogP contribution in [0, 0.1) is 0 Å². The standard InChI is InChI=1S/C23H28N2O3/c1-26-21-7-5-4-6-20(21)25-10-8-24(9-11-25)16-17-12-18-14-22(27-2)23(28-3)15-19(18)13-17/h4-7,12,14-15H,8-11,13,16H2,1-3H3. The van der Waals surface area contributed by atoms with Crippen LogP contribution >= 0.6 is 0 Å². The highest BCUT2D eigenvalue weighted by molar-refractivity contribution is 5.68. The van der Waals surface area contributed by atoms with E-state index in [1.54, 1.807) is 21.3 Å². The van der Waals surface area contributed by atoms with Crippen LogP contribution in [0.2, 0.25) is 0 Å². The second-order valence-corrected chi connectivity index (χ2v) is 7.32. The Bertz CT molecular complexity index is 870. The fraction of sp³-hybridized carbons (Fsp3) is 0.391. The summed E-state index contributed by atoms with van der Waals surface area (Å²) < 4.78 is 16.4. The number of fused-ring (bicyclic) bond motifs is 1. The van der Waals surface area contributed by atoms with Gasteiger partial charge in [-0.15, -0.1) is 0 Å². The number of para-hydroxylation sites is 2. The molecule has 4 rings (SSSR count). The maximum absolute atomic E-state index is 5.52. The first-order valence-corrected chi connectivity index (χ1v) is 9.76. The summed E-state index contributed by atoms with van der Waals surface area (Å²) >= 11 is 0. The summed E-state index contributed by atoms with van der Waals surface area (Å²) in [6, 6.07) is 12.5. The molecule has 1 aliphatic heterocycles. The van der Waals surface area contributed by atoms with E-state index in [1.165, 1.54) is 22.4 Å². The summed E-state index contributed by atoms with van der Waals surface area (Å²) in [5.41, 5.74) is 5.22. The molecule has 28 heavy (non-hydrogen) atoms. The number of ether oxygens (including phenoxy) is 3. The first-order chi connectivity index (χ1) is 13.7. The Morgan fingerprint density at radius 2 is 1.50 bits per heavy atom. The lowest BCUT2D eigenvalue weighted by Gasteiger charge is -2.36. The van der Waals surface area contributed by atoms with Crippen LogP contribution in [0.4, 0.5) is 5.69 Å². The molecule has 0 amide bonds. The van der Waals surface area contributed by atoms with E-state index in [1.807, 2.05) is 12.1 Å². The molecule has 1 fully saturated rings. The van der Waals surface area contributed by atoms with E-state index < -0.39 is 0 Å². The van der Waals surface area contributed by atoms with E-state index in [0.717, 1.165) is 56.4 Å². The van der Waals surface area contributed by atoms with Crippen molar-refractivity contribution in [2.75, 3.05) is 59.0 Å². The Kier molecular flexibility index (Phi) is 5.44. The Balaban J connectivity index is 1.38. The zero-order valence-corrected chi connectivity index (χ0v) is 16.9. The maximum Gasteiger partial charge on any atom is 0.161 e. The largest absolute Gasteiger partial charge is 0.495 e. The molecule has 2 aliphatic rings. The zero-order valence-electron chi connectivity index (χ0n) is 16.9. The molecular weight excluding hydrogens is 352 g/mol. The number of rotatable bonds is 6. The molecule has 0 spiro atoms. The molecule has 0 atom stereocenters. The van der Waals surface area contributed by atoms with Gasteiger partial charge >= 0.3 is 0 Å². The van der Waals surface area contributed by atoms with Crippen LogP contribution in [0.1, 0.15) is 11.1 Å². The van der Waals surface area contributed by atoms with E-state index in [0.29, 0.717) is 0 Å². The van der Waals surface area contributed by atoms with Crippen LogP contribution in [0.5, 0.6) is 17.2 Å². The lowest BCUT2D eigenvalue weighted by atomic mass is 10.1. The number of hydrogen-bond acceptors (Lipinski definition) is 5. The van der Waals surface area contributed by atoms with Gasteiger partial charge in [-0.3, -0.25) is 4.90 Å². The molecule has 0 N–H and O–H groups in total. The topological polar surface area (TPSA) is 34.2 Å². The number of methoxy groups -OCH3 is 3. The van der Waals surface area contributed by atoms with Crippen molar-refractivity contribution in [2.24, 2.45) is 0 Å². The van der Waals surface area contributed by atoms with Gasteiger partial charge in [0, 0.05) is 32.7 Å². The van der Waals surface area contributed by atoms with Gasteiger partial charge < -0.3 is 19.1 Å². The summed E-state index contributed by atoms with van der Waals surface area (Å²) in [5.74, 6) is 2.55. The van der Waals surface area contributed by atoms with Crippen LogP contribution in [-0.4, -0.2) is 59.0 Å². The molecule has 1 heterocycles.